The molecule has 1 heterocycles. The first-order valence-electron chi connectivity index (χ1n) is 6.01. The van der Waals surface area contributed by atoms with Crippen molar-refractivity contribution in [1.29, 1.82) is 0 Å². The molecule has 0 amide bonds. The molecule has 1 unspecified atom stereocenters. The number of methoxy groups -OCH3 is 1. The van der Waals surface area contributed by atoms with Crippen LogP contribution in [0.15, 0.2) is 6.33 Å². The van der Waals surface area contributed by atoms with Crippen molar-refractivity contribution in [3.8, 4) is 5.88 Å². The van der Waals surface area contributed by atoms with Crippen LogP contribution in [0.3, 0.4) is 0 Å². The number of hydrogen-bond acceptors (Lipinski definition) is 7. The molecule has 0 aliphatic carbocycles. The van der Waals surface area contributed by atoms with Crippen molar-refractivity contribution < 1.29 is 19.6 Å². The van der Waals surface area contributed by atoms with Crippen LogP contribution >= 0.6 is 0 Å². The van der Waals surface area contributed by atoms with E-state index in [1.54, 1.807) is 0 Å². The van der Waals surface area contributed by atoms with Crippen LogP contribution in [0.25, 0.3) is 0 Å². The van der Waals surface area contributed by atoms with Crippen LogP contribution in [0.2, 0.25) is 0 Å². The average molecular weight is 284 g/mol. The van der Waals surface area contributed by atoms with Crippen molar-refractivity contribution in [2.45, 2.75) is 32.2 Å². The molecule has 0 bridgehead atoms. The number of ether oxygens (including phenoxy) is 1. The van der Waals surface area contributed by atoms with Gasteiger partial charge in [0.1, 0.15) is 6.33 Å². The molecule has 0 fully saturated rings. The number of nitrogens with zero attached hydrogens (tertiary/aromatic N) is 3. The maximum atomic E-state index is 11.1. The van der Waals surface area contributed by atoms with Gasteiger partial charge in [-0.05, 0) is 6.42 Å². The van der Waals surface area contributed by atoms with E-state index in [-0.39, 0.29) is 18.1 Å². The Hall–Kier alpha value is -2.45. The molecule has 9 heteroatoms. The minimum atomic E-state index is -0.986. The van der Waals surface area contributed by atoms with Crippen LogP contribution in [0.4, 0.5) is 11.5 Å². The van der Waals surface area contributed by atoms with Gasteiger partial charge in [0.25, 0.3) is 5.88 Å². The third-order valence-electron chi connectivity index (χ3n) is 2.56. The van der Waals surface area contributed by atoms with Crippen molar-refractivity contribution in [2.75, 3.05) is 12.4 Å². The van der Waals surface area contributed by atoms with Gasteiger partial charge in [-0.25, -0.2) is 4.98 Å². The Balaban J connectivity index is 3.05. The minimum Gasteiger partial charge on any atom is -0.481 e. The molecule has 1 rings (SSSR count). The highest BCUT2D eigenvalue weighted by molar-refractivity contribution is 5.69. The first-order valence-corrected chi connectivity index (χ1v) is 6.01. The van der Waals surface area contributed by atoms with Crippen LogP contribution in [0.1, 0.15) is 26.2 Å². The fourth-order valence-electron chi connectivity index (χ4n) is 1.76. The van der Waals surface area contributed by atoms with E-state index in [0.29, 0.717) is 6.42 Å². The second kappa shape index (κ2) is 7.22. The summed E-state index contributed by atoms with van der Waals surface area (Å²) in [4.78, 5) is 28.6. The van der Waals surface area contributed by atoms with E-state index in [4.69, 9.17) is 9.84 Å². The van der Waals surface area contributed by atoms with Gasteiger partial charge in [0.05, 0.1) is 18.5 Å². The lowest BCUT2D eigenvalue weighted by Gasteiger charge is -2.16. The quantitative estimate of drug-likeness (QED) is 0.542. The van der Waals surface area contributed by atoms with Gasteiger partial charge in [-0.1, -0.05) is 13.3 Å². The molecule has 1 aromatic heterocycles. The highest BCUT2D eigenvalue weighted by atomic mass is 16.6. The number of carboxylic acid groups (broad SMARTS) is 1. The summed E-state index contributed by atoms with van der Waals surface area (Å²) in [7, 11) is 1.26. The fourth-order valence-corrected chi connectivity index (χ4v) is 1.76. The number of carbonyl (C=O) groups is 1. The summed E-state index contributed by atoms with van der Waals surface area (Å²) in [5.41, 5.74) is -0.401. The van der Waals surface area contributed by atoms with Gasteiger partial charge in [-0.3, -0.25) is 14.9 Å². The maximum absolute atomic E-state index is 11.1. The number of nitro groups is 1. The van der Waals surface area contributed by atoms with E-state index in [0.717, 1.165) is 12.7 Å². The molecule has 1 aromatic rings. The zero-order valence-electron chi connectivity index (χ0n) is 11.2. The van der Waals surface area contributed by atoms with Crippen molar-refractivity contribution >= 4 is 17.5 Å². The normalized spacial score (nSPS) is 11.7. The smallest absolute Gasteiger partial charge is 0.372 e. The lowest BCUT2D eigenvalue weighted by Crippen LogP contribution is -2.24. The number of anilines is 1. The molecule has 110 valence electrons. The van der Waals surface area contributed by atoms with Crippen LogP contribution in [0.5, 0.6) is 5.88 Å². The highest BCUT2D eigenvalue weighted by Crippen LogP contribution is 2.31. The van der Waals surface area contributed by atoms with Gasteiger partial charge in [-0.15, -0.1) is 0 Å². The van der Waals surface area contributed by atoms with Gasteiger partial charge >= 0.3 is 11.7 Å². The monoisotopic (exact) mass is 284 g/mol. The Morgan fingerprint density at radius 1 is 1.60 bits per heavy atom. The topological polar surface area (TPSA) is 127 Å². The number of nitrogens with one attached hydrogen (secondary N) is 1. The van der Waals surface area contributed by atoms with Gasteiger partial charge < -0.3 is 15.2 Å². The lowest BCUT2D eigenvalue weighted by atomic mass is 10.1. The summed E-state index contributed by atoms with van der Waals surface area (Å²) in [5, 5.41) is 22.7. The van der Waals surface area contributed by atoms with Crippen LogP contribution in [-0.4, -0.2) is 39.1 Å². The molecule has 0 aliphatic heterocycles. The molecule has 0 spiro atoms. The molecule has 1 atom stereocenters. The summed E-state index contributed by atoms with van der Waals surface area (Å²) in [6.45, 7) is 1.89. The fraction of sp³-hybridized carbons (Fsp3) is 0.545. The Morgan fingerprint density at radius 2 is 2.30 bits per heavy atom. The molecular weight excluding hydrogens is 268 g/mol. The number of rotatable bonds is 8. The third-order valence-corrected chi connectivity index (χ3v) is 2.56. The van der Waals surface area contributed by atoms with Crippen molar-refractivity contribution in [3.63, 3.8) is 0 Å². The molecular formula is C11H16N4O5. The van der Waals surface area contributed by atoms with Crippen LogP contribution in [0, 0.1) is 10.1 Å². The van der Waals surface area contributed by atoms with Gasteiger partial charge in [0.15, 0.2) is 0 Å². The molecule has 0 radical (unpaired) electrons. The largest absolute Gasteiger partial charge is 0.481 e. The molecule has 0 aromatic carbocycles. The van der Waals surface area contributed by atoms with Crippen LogP contribution in [-0.2, 0) is 4.79 Å². The van der Waals surface area contributed by atoms with E-state index < -0.39 is 22.6 Å². The summed E-state index contributed by atoms with van der Waals surface area (Å²) in [6, 6.07) is -0.448. The first-order chi connectivity index (χ1) is 9.49. The zero-order valence-corrected chi connectivity index (χ0v) is 11.2. The van der Waals surface area contributed by atoms with Crippen LogP contribution < -0.4 is 10.1 Å². The standard InChI is InChI=1S/C11H16N4O5/c1-3-4-7(5-8(16)17)14-10-9(15(18)19)11(20-2)13-6-12-10/h6-7H,3-5H2,1-2H3,(H,16,17)(H,12,13,14). The van der Waals surface area contributed by atoms with E-state index >= 15 is 0 Å². The van der Waals surface area contributed by atoms with Crippen molar-refractivity contribution in [2.24, 2.45) is 0 Å². The third kappa shape index (κ3) is 4.04. The van der Waals surface area contributed by atoms with Gasteiger partial charge in [0, 0.05) is 6.04 Å². The van der Waals surface area contributed by atoms with Gasteiger partial charge in [0.2, 0.25) is 5.82 Å². The highest BCUT2D eigenvalue weighted by Gasteiger charge is 2.26. The second-order valence-corrected chi connectivity index (χ2v) is 4.07. The molecule has 0 saturated heterocycles. The number of carboxylic acids is 1. The number of hydrogen-bond donors (Lipinski definition) is 2. The predicted molar refractivity (Wildman–Crippen MR) is 69.8 cm³/mol. The van der Waals surface area contributed by atoms with E-state index in [1.165, 1.54) is 7.11 Å². The van der Waals surface area contributed by atoms with Crippen molar-refractivity contribution in [3.05, 3.63) is 16.4 Å². The van der Waals surface area contributed by atoms with Crippen molar-refractivity contribution in [1.82, 2.24) is 9.97 Å². The number of aromatic nitrogens is 2. The lowest BCUT2D eigenvalue weighted by molar-refractivity contribution is -0.385. The van der Waals surface area contributed by atoms with E-state index in [9.17, 15) is 14.9 Å². The summed E-state index contributed by atoms with van der Waals surface area (Å²) in [6.07, 6.45) is 2.26. The average Bonchev–Trinajstić information content (AvgIpc) is 2.37. The molecule has 0 aliphatic rings. The molecule has 0 saturated carbocycles. The predicted octanol–water partition coefficient (Wildman–Crippen LogP) is 1.45. The van der Waals surface area contributed by atoms with Gasteiger partial charge in [-0.2, -0.15) is 4.98 Å². The molecule has 9 nitrogen and oxygen atoms in total. The Kier molecular flexibility index (Phi) is 5.63. The van der Waals surface area contributed by atoms with E-state index in [2.05, 4.69) is 15.3 Å². The van der Waals surface area contributed by atoms with E-state index in [1.807, 2.05) is 6.92 Å². The number of aliphatic carboxylic acids is 1. The SMILES string of the molecule is CCCC(CC(=O)O)Nc1ncnc(OC)c1[N+](=O)[O-]. The summed E-state index contributed by atoms with van der Waals surface area (Å²) < 4.78 is 4.82. The Morgan fingerprint density at radius 3 is 2.80 bits per heavy atom. The summed E-state index contributed by atoms with van der Waals surface area (Å²) in [5.74, 6) is -1.20. The Labute approximate surface area is 115 Å². The first kappa shape index (κ1) is 15.6. The zero-order chi connectivity index (χ0) is 15.1. The molecule has 20 heavy (non-hydrogen) atoms. The maximum Gasteiger partial charge on any atom is 0.372 e. The second-order valence-electron chi connectivity index (χ2n) is 4.07. The minimum absolute atomic E-state index is 0.0402. The Bertz CT molecular complexity index is 494. The summed E-state index contributed by atoms with van der Waals surface area (Å²) >= 11 is 0. The molecule has 2 N–H and O–H groups in total.